The van der Waals surface area contributed by atoms with Crippen LogP contribution in [0.5, 0.6) is 0 Å². The summed E-state index contributed by atoms with van der Waals surface area (Å²) in [6, 6.07) is 1.72. The first-order chi connectivity index (χ1) is 6.44. The topological polar surface area (TPSA) is 44.1 Å². The van der Waals surface area contributed by atoms with Crippen LogP contribution in [0.15, 0.2) is 12.3 Å². The Morgan fingerprint density at radius 2 is 2.29 bits per heavy atom. The van der Waals surface area contributed by atoms with E-state index in [0.29, 0.717) is 12.1 Å². The van der Waals surface area contributed by atoms with Crippen LogP contribution in [0.4, 0.5) is 0 Å². The van der Waals surface area contributed by atoms with Gasteiger partial charge >= 0.3 is 0 Å². The standard InChI is InChI=1S/C10H16N2O2/c1-10(2,14-4)7-9(13)8-5-6-12(3)11-8/h5-6H,7H2,1-4H3. The van der Waals surface area contributed by atoms with Crippen molar-refractivity contribution in [3.63, 3.8) is 0 Å². The number of ketones is 1. The van der Waals surface area contributed by atoms with Gasteiger partial charge in [-0.1, -0.05) is 0 Å². The largest absolute Gasteiger partial charge is 0.378 e. The van der Waals surface area contributed by atoms with Gasteiger partial charge in [0.15, 0.2) is 5.78 Å². The van der Waals surface area contributed by atoms with Gasteiger partial charge < -0.3 is 4.74 Å². The van der Waals surface area contributed by atoms with E-state index in [1.54, 1.807) is 31.1 Å². The Kier molecular flexibility index (Phi) is 3.06. The Hall–Kier alpha value is -1.16. The summed E-state index contributed by atoms with van der Waals surface area (Å²) in [6.07, 6.45) is 2.10. The Morgan fingerprint density at radius 1 is 1.64 bits per heavy atom. The van der Waals surface area contributed by atoms with Crippen molar-refractivity contribution in [3.05, 3.63) is 18.0 Å². The summed E-state index contributed by atoms with van der Waals surface area (Å²) in [4.78, 5) is 11.7. The van der Waals surface area contributed by atoms with E-state index in [1.807, 2.05) is 13.8 Å². The Bertz CT molecular complexity index is 329. The number of rotatable bonds is 4. The maximum atomic E-state index is 11.7. The van der Waals surface area contributed by atoms with E-state index in [-0.39, 0.29) is 5.78 Å². The molecule has 14 heavy (non-hydrogen) atoms. The van der Waals surface area contributed by atoms with Gasteiger partial charge in [0.1, 0.15) is 5.69 Å². The number of ether oxygens (including phenoxy) is 1. The fraction of sp³-hybridized carbons (Fsp3) is 0.600. The highest BCUT2D eigenvalue weighted by molar-refractivity contribution is 5.94. The fourth-order valence-electron chi connectivity index (χ4n) is 1.11. The van der Waals surface area contributed by atoms with Crippen LogP contribution >= 0.6 is 0 Å². The molecule has 0 aliphatic rings. The average molecular weight is 196 g/mol. The molecule has 1 rings (SSSR count). The van der Waals surface area contributed by atoms with Crippen molar-refractivity contribution in [2.45, 2.75) is 25.9 Å². The van der Waals surface area contributed by atoms with Gasteiger partial charge in [-0.3, -0.25) is 9.48 Å². The molecule has 0 bridgehead atoms. The molecule has 0 aliphatic carbocycles. The number of methoxy groups -OCH3 is 1. The van der Waals surface area contributed by atoms with Crippen LogP contribution in [0.1, 0.15) is 30.8 Å². The first-order valence-electron chi connectivity index (χ1n) is 4.52. The predicted octanol–water partition coefficient (Wildman–Crippen LogP) is 1.42. The second-order valence-corrected chi connectivity index (χ2v) is 3.94. The summed E-state index contributed by atoms with van der Waals surface area (Å²) in [5.41, 5.74) is 0.0758. The van der Waals surface area contributed by atoms with Gasteiger partial charge in [-0.05, 0) is 19.9 Å². The normalized spacial score (nSPS) is 11.7. The number of hydrogen-bond acceptors (Lipinski definition) is 3. The maximum Gasteiger partial charge on any atom is 0.185 e. The molecule has 0 aliphatic heterocycles. The highest BCUT2D eigenvalue weighted by atomic mass is 16.5. The van der Waals surface area contributed by atoms with Gasteiger partial charge in [-0.15, -0.1) is 0 Å². The number of carbonyl (C=O) groups is 1. The molecule has 0 fully saturated rings. The molecule has 1 heterocycles. The monoisotopic (exact) mass is 196 g/mol. The number of hydrogen-bond donors (Lipinski definition) is 0. The molecule has 78 valence electrons. The molecule has 0 N–H and O–H groups in total. The number of nitrogens with zero attached hydrogens (tertiary/aromatic N) is 2. The van der Waals surface area contributed by atoms with Gasteiger partial charge in [0, 0.05) is 26.8 Å². The predicted molar refractivity (Wildman–Crippen MR) is 53.2 cm³/mol. The maximum absolute atomic E-state index is 11.7. The van der Waals surface area contributed by atoms with Crippen molar-refractivity contribution in [3.8, 4) is 0 Å². The zero-order valence-electron chi connectivity index (χ0n) is 9.07. The average Bonchev–Trinajstić information content (AvgIpc) is 2.51. The Labute approximate surface area is 83.9 Å². The summed E-state index contributed by atoms with van der Waals surface area (Å²) in [5.74, 6) is 0.0115. The minimum Gasteiger partial charge on any atom is -0.378 e. The third-order valence-electron chi connectivity index (χ3n) is 2.14. The van der Waals surface area contributed by atoms with Crippen molar-refractivity contribution in [1.82, 2.24) is 9.78 Å². The lowest BCUT2D eigenvalue weighted by atomic mass is 10.0. The lowest BCUT2D eigenvalue weighted by molar-refractivity contribution is 0.0170. The summed E-state index contributed by atoms with van der Waals surface area (Å²) in [6.45, 7) is 3.77. The minimum absolute atomic E-state index is 0.0115. The van der Waals surface area contributed by atoms with Crippen LogP contribution in [-0.4, -0.2) is 28.3 Å². The SMILES string of the molecule is COC(C)(C)CC(=O)c1ccn(C)n1. The zero-order chi connectivity index (χ0) is 10.8. The fourth-order valence-corrected chi connectivity index (χ4v) is 1.11. The molecule has 1 aromatic heterocycles. The Balaban J connectivity index is 2.68. The first kappa shape index (κ1) is 10.9. The van der Waals surface area contributed by atoms with Crippen LogP contribution in [0, 0.1) is 0 Å². The summed E-state index contributed by atoms with van der Waals surface area (Å²) in [7, 11) is 3.39. The van der Waals surface area contributed by atoms with E-state index in [4.69, 9.17) is 4.74 Å². The van der Waals surface area contributed by atoms with Gasteiger partial charge in [0.2, 0.25) is 0 Å². The van der Waals surface area contributed by atoms with Gasteiger partial charge in [0.05, 0.1) is 5.60 Å². The molecule has 4 nitrogen and oxygen atoms in total. The second kappa shape index (κ2) is 3.92. The molecular weight excluding hydrogens is 180 g/mol. The first-order valence-corrected chi connectivity index (χ1v) is 4.52. The molecule has 0 amide bonds. The van der Waals surface area contributed by atoms with Crippen LogP contribution in [0.25, 0.3) is 0 Å². The molecule has 0 atom stereocenters. The molecule has 4 heteroatoms. The molecule has 0 saturated carbocycles. The van der Waals surface area contributed by atoms with E-state index >= 15 is 0 Å². The molecule has 0 spiro atoms. The van der Waals surface area contributed by atoms with Gasteiger partial charge in [-0.2, -0.15) is 5.10 Å². The van der Waals surface area contributed by atoms with Crippen molar-refractivity contribution in [1.29, 1.82) is 0 Å². The van der Waals surface area contributed by atoms with E-state index in [9.17, 15) is 4.79 Å². The van der Waals surface area contributed by atoms with E-state index in [2.05, 4.69) is 5.10 Å². The third kappa shape index (κ3) is 2.67. The van der Waals surface area contributed by atoms with Crippen molar-refractivity contribution < 1.29 is 9.53 Å². The lowest BCUT2D eigenvalue weighted by Gasteiger charge is -2.21. The van der Waals surface area contributed by atoms with Gasteiger partial charge in [-0.25, -0.2) is 0 Å². The molecule has 0 unspecified atom stereocenters. The number of Topliss-reactive ketones (excluding diaryl/α,β-unsaturated/α-hetero) is 1. The lowest BCUT2D eigenvalue weighted by Crippen LogP contribution is -2.26. The van der Waals surface area contributed by atoms with E-state index < -0.39 is 5.60 Å². The molecule has 0 saturated heterocycles. The second-order valence-electron chi connectivity index (χ2n) is 3.94. The number of aromatic nitrogens is 2. The third-order valence-corrected chi connectivity index (χ3v) is 2.14. The minimum atomic E-state index is -0.422. The quantitative estimate of drug-likeness (QED) is 0.684. The van der Waals surface area contributed by atoms with E-state index in [1.165, 1.54) is 0 Å². The summed E-state index contributed by atoms with van der Waals surface area (Å²) >= 11 is 0. The zero-order valence-corrected chi connectivity index (χ0v) is 9.07. The Morgan fingerprint density at radius 3 is 2.71 bits per heavy atom. The smallest absolute Gasteiger partial charge is 0.185 e. The molecule has 1 aromatic rings. The highest BCUT2D eigenvalue weighted by Gasteiger charge is 2.22. The van der Waals surface area contributed by atoms with Crippen LogP contribution in [-0.2, 0) is 11.8 Å². The van der Waals surface area contributed by atoms with E-state index in [0.717, 1.165) is 0 Å². The number of aryl methyl sites for hydroxylation is 1. The molecule has 0 radical (unpaired) electrons. The van der Waals surface area contributed by atoms with Gasteiger partial charge in [0.25, 0.3) is 0 Å². The summed E-state index contributed by atoms with van der Waals surface area (Å²) in [5, 5.41) is 4.04. The molecule has 0 aromatic carbocycles. The van der Waals surface area contributed by atoms with Crippen molar-refractivity contribution in [2.24, 2.45) is 7.05 Å². The number of carbonyl (C=O) groups excluding carboxylic acids is 1. The van der Waals surface area contributed by atoms with Crippen LogP contribution in [0.3, 0.4) is 0 Å². The van der Waals surface area contributed by atoms with Crippen LogP contribution in [0.2, 0.25) is 0 Å². The van der Waals surface area contributed by atoms with Crippen molar-refractivity contribution in [2.75, 3.05) is 7.11 Å². The summed E-state index contributed by atoms with van der Waals surface area (Å²) < 4.78 is 6.80. The van der Waals surface area contributed by atoms with Crippen LogP contribution < -0.4 is 0 Å². The van der Waals surface area contributed by atoms with Crippen molar-refractivity contribution >= 4 is 5.78 Å². The highest BCUT2D eigenvalue weighted by Crippen LogP contribution is 2.15. The molecular formula is C10H16N2O2.